The monoisotopic (exact) mass is 275 g/mol. The van der Waals surface area contributed by atoms with Crippen LogP contribution in [0.2, 0.25) is 0 Å². The van der Waals surface area contributed by atoms with Crippen molar-refractivity contribution in [2.24, 2.45) is 17.8 Å². The van der Waals surface area contributed by atoms with Crippen molar-refractivity contribution in [1.82, 2.24) is 9.78 Å². The maximum atomic E-state index is 6.17. The number of nitrogen functional groups attached to an aromatic ring is 1. The van der Waals surface area contributed by atoms with Gasteiger partial charge in [0.2, 0.25) is 0 Å². The second-order valence-corrected chi connectivity index (χ2v) is 8.34. The third-order valence-electron chi connectivity index (χ3n) is 6.06. The number of fused-ring (bicyclic) bond motifs is 1. The van der Waals surface area contributed by atoms with Gasteiger partial charge >= 0.3 is 0 Å². The number of rotatable bonds is 1. The number of nitrogens with two attached hydrogens (primary N) is 1. The lowest BCUT2D eigenvalue weighted by Crippen LogP contribution is -2.52. The number of anilines is 1. The summed E-state index contributed by atoms with van der Waals surface area (Å²) in [4.78, 5) is 0. The maximum Gasteiger partial charge on any atom is 0.149 e. The van der Waals surface area contributed by atoms with Crippen molar-refractivity contribution in [1.29, 1.82) is 0 Å². The summed E-state index contributed by atoms with van der Waals surface area (Å²) in [7, 11) is 0. The molecule has 4 bridgehead atoms. The van der Waals surface area contributed by atoms with Gasteiger partial charge in [-0.3, -0.25) is 4.68 Å². The quantitative estimate of drug-likeness (QED) is 0.856. The van der Waals surface area contributed by atoms with Gasteiger partial charge in [0, 0.05) is 17.1 Å². The first-order valence-electron chi connectivity index (χ1n) is 7.68. The van der Waals surface area contributed by atoms with Crippen molar-refractivity contribution in [3.8, 4) is 0 Å². The largest absolute Gasteiger partial charge is 0.382 e. The van der Waals surface area contributed by atoms with Crippen LogP contribution in [0.4, 0.5) is 5.82 Å². The van der Waals surface area contributed by atoms with Crippen LogP contribution >= 0.6 is 11.8 Å². The van der Waals surface area contributed by atoms with Gasteiger partial charge in [-0.25, -0.2) is 0 Å². The molecule has 4 saturated carbocycles. The Bertz CT molecular complexity index is 513. The molecule has 0 aromatic carbocycles. The predicted molar refractivity (Wildman–Crippen MR) is 77.8 cm³/mol. The first-order chi connectivity index (χ1) is 9.23. The highest BCUT2D eigenvalue weighted by molar-refractivity contribution is 7.98. The normalized spacial score (nSPS) is 42.8. The molecule has 0 amide bonds. The molecule has 0 saturated heterocycles. The van der Waals surface area contributed by atoms with Gasteiger partial charge in [0.05, 0.1) is 11.2 Å². The van der Waals surface area contributed by atoms with Crippen LogP contribution in [0.15, 0.2) is 0 Å². The molecule has 0 radical (unpaired) electrons. The molecule has 0 spiro atoms. The predicted octanol–water partition coefficient (Wildman–Crippen LogP) is 3.14. The van der Waals surface area contributed by atoms with Crippen LogP contribution in [0.25, 0.3) is 0 Å². The van der Waals surface area contributed by atoms with Crippen LogP contribution in [0.5, 0.6) is 0 Å². The van der Waals surface area contributed by atoms with E-state index in [2.05, 4.69) is 4.68 Å². The van der Waals surface area contributed by atoms with Crippen molar-refractivity contribution >= 4 is 17.6 Å². The summed E-state index contributed by atoms with van der Waals surface area (Å²) >= 11 is 2.00. The summed E-state index contributed by atoms with van der Waals surface area (Å²) in [5.41, 5.74) is 9.33. The van der Waals surface area contributed by atoms with E-state index >= 15 is 0 Å². The Morgan fingerprint density at radius 2 is 1.68 bits per heavy atom. The fourth-order valence-corrected chi connectivity index (χ4v) is 6.89. The van der Waals surface area contributed by atoms with Crippen molar-refractivity contribution in [3.63, 3.8) is 0 Å². The average Bonchev–Trinajstić information content (AvgIpc) is 2.92. The highest BCUT2D eigenvalue weighted by atomic mass is 32.2. The summed E-state index contributed by atoms with van der Waals surface area (Å²) < 4.78 is 2.42. The molecule has 2 heterocycles. The van der Waals surface area contributed by atoms with E-state index in [1.807, 2.05) is 11.8 Å². The summed E-state index contributed by atoms with van der Waals surface area (Å²) in [6.07, 6.45) is 8.60. The molecular formula is C15H21N3S. The average molecular weight is 275 g/mol. The number of nitrogens with zero attached hydrogens (tertiary/aromatic N) is 2. The molecule has 2 N–H and O–H groups in total. The van der Waals surface area contributed by atoms with Crippen LogP contribution in [-0.2, 0) is 17.0 Å². The highest BCUT2D eigenvalue weighted by Gasteiger charge is 2.53. The van der Waals surface area contributed by atoms with Gasteiger partial charge in [0.1, 0.15) is 5.82 Å². The smallest absolute Gasteiger partial charge is 0.149 e. The van der Waals surface area contributed by atoms with Crippen LogP contribution in [-0.4, -0.2) is 9.78 Å². The zero-order valence-corrected chi connectivity index (χ0v) is 12.1. The van der Waals surface area contributed by atoms with E-state index in [1.54, 1.807) is 0 Å². The number of thioether (sulfide) groups is 1. The van der Waals surface area contributed by atoms with E-state index in [9.17, 15) is 0 Å². The Kier molecular flexibility index (Phi) is 2.05. The fourth-order valence-electron chi connectivity index (χ4n) is 5.78. The van der Waals surface area contributed by atoms with E-state index in [0.29, 0.717) is 5.54 Å². The molecular weight excluding hydrogens is 254 g/mol. The van der Waals surface area contributed by atoms with Gasteiger partial charge in [-0.2, -0.15) is 16.9 Å². The minimum atomic E-state index is 0.349. The van der Waals surface area contributed by atoms with Gasteiger partial charge in [0.15, 0.2) is 0 Å². The lowest BCUT2D eigenvalue weighted by molar-refractivity contribution is -0.0503. The van der Waals surface area contributed by atoms with Gasteiger partial charge < -0.3 is 5.73 Å². The zero-order chi connectivity index (χ0) is 12.6. The van der Waals surface area contributed by atoms with Gasteiger partial charge in [0.25, 0.3) is 0 Å². The summed E-state index contributed by atoms with van der Waals surface area (Å²) in [6, 6.07) is 0. The Hall–Kier alpha value is -0.640. The summed E-state index contributed by atoms with van der Waals surface area (Å²) in [6.45, 7) is 0. The number of hydrogen-bond acceptors (Lipinski definition) is 3. The van der Waals surface area contributed by atoms with Crippen molar-refractivity contribution in [3.05, 3.63) is 11.3 Å². The lowest BCUT2D eigenvalue weighted by Gasteiger charge is -2.56. The molecule has 4 heteroatoms. The zero-order valence-electron chi connectivity index (χ0n) is 11.3. The van der Waals surface area contributed by atoms with Crippen LogP contribution in [0.1, 0.15) is 49.8 Å². The van der Waals surface area contributed by atoms with E-state index in [1.165, 1.54) is 49.8 Å². The molecule has 6 rings (SSSR count). The molecule has 0 unspecified atom stereocenters. The third-order valence-corrected chi connectivity index (χ3v) is 7.03. The van der Waals surface area contributed by atoms with Crippen molar-refractivity contribution in [2.75, 3.05) is 5.73 Å². The Labute approximate surface area is 118 Å². The SMILES string of the molecule is Nc1nn(C23CC4CC(CC(C4)C2)C3)c2c1CSC2. The van der Waals surface area contributed by atoms with Crippen molar-refractivity contribution < 1.29 is 0 Å². The van der Waals surface area contributed by atoms with Crippen LogP contribution in [0.3, 0.4) is 0 Å². The molecule has 4 aliphatic carbocycles. The molecule has 0 atom stereocenters. The third kappa shape index (κ3) is 1.39. The minimum absolute atomic E-state index is 0.349. The lowest BCUT2D eigenvalue weighted by atomic mass is 9.53. The topological polar surface area (TPSA) is 43.8 Å². The fraction of sp³-hybridized carbons (Fsp3) is 0.800. The first kappa shape index (κ1) is 11.1. The standard InChI is InChI=1S/C15H21N3S/c16-14-12-7-19-8-13(12)18(17-14)15-4-9-1-10(5-15)3-11(2-9)6-15/h9-11H,1-8H2,(H2,16,17). The number of hydrogen-bond donors (Lipinski definition) is 1. The Morgan fingerprint density at radius 1 is 1.05 bits per heavy atom. The second-order valence-electron chi connectivity index (χ2n) is 7.36. The van der Waals surface area contributed by atoms with Crippen LogP contribution in [0, 0.1) is 17.8 Å². The molecule has 1 aromatic heterocycles. The van der Waals surface area contributed by atoms with E-state index in [0.717, 1.165) is 35.1 Å². The van der Waals surface area contributed by atoms with Crippen LogP contribution < -0.4 is 5.73 Å². The molecule has 3 nitrogen and oxygen atoms in total. The molecule has 102 valence electrons. The Balaban J connectivity index is 1.64. The van der Waals surface area contributed by atoms with E-state index in [-0.39, 0.29) is 0 Å². The van der Waals surface area contributed by atoms with Gasteiger partial charge in [-0.1, -0.05) is 0 Å². The molecule has 5 aliphatic rings. The summed E-state index contributed by atoms with van der Waals surface area (Å²) in [5, 5.41) is 4.80. The second kappa shape index (κ2) is 3.51. The molecule has 4 fully saturated rings. The molecule has 19 heavy (non-hydrogen) atoms. The van der Waals surface area contributed by atoms with Crippen molar-refractivity contribution in [2.45, 2.75) is 55.6 Å². The molecule has 1 aromatic rings. The molecule has 1 aliphatic heterocycles. The first-order valence-corrected chi connectivity index (χ1v) is 8.83. The van der Waals surface area contributed by atoms with Gasteiger partial charge in [-0.05, 0) is 56.3 Å². The number of aromatic nitrogens is 2. The van der Waals surface area contributed by atoms with E-state index in [4.69, 9.17) is 10.8 Å². The highest BCUT2D eigenvalue weighted by Crippen LogP contribution is 2.59. The Morgan fingerprint density at radius 3 is 2.32 bits per heavy atom. The van der Waals surface area contributed by atoms with Gasteiger partial charge in [-0.15, -0.1) is 0 Å². The summed E-state index contributed by atoms with van der Waals surface area (Å²) in [5.74, 6) is 5.94. The maximum absolute atomic E-state index is 6.17. The van der Waals surface area contributed by atoms with E-state index < -0.39 is 0 Å². The minimum Gasteiger partial charge on any atom is -0.382 e.